The number of amides is 1. The normalized spacial score (nSPS) is 10.2. The van der Waals surface area contributed by atoms with Crippen molar-refractivity contribution in [3.8, 4) is 5.75 Å². The van der Waals surface area contributed by atoms with E-state index in [1.165, 1.54) is 18.3 Å². The first-order valence-corrected chi connectivity index (χ1v) is 5.42. The molecule has 19 heavy (non-hydrogen) atoms. The van der Waals surface area contributed by atoms with Gasteiger partial charge in [-0.1, -0.05) is 6.07 Å². The SMILES string of the molecule is O=C(NCc1ccc(O)cc1F)c1cncc(F)c1. The average molecular weight is 264 g/mol. The Morgan fingerprint density at radius 2 is 2.05 bits per heavy atom. The molecule has 2 rings (SSSR count). The van der Waals surface area contributed by atoms with Gasteiger partial charge in [-0.05, 0) is 12.1 Å². The lowest BCUT2D eigenvalue weighted by molar-refractivity contribution is 0.0949. The van der Waals surface area contributed by atoms with E-state index in [1.807, 2.05) is 0 Å². The quantitative estimate of drug-likeness (QED) is 0.891. The number of carbonyl (C=O) groups excluding carboxylic acids is 1. The van der Waals surface area contributed by atoms with E-state index in [2.05, 4.69) is 10.3 Å². The van der Waals surface area contributed by atoms with Gasteiger partial charge in [0.05, 0.1) is 11.8 Å². The summed E-state index contributed by atoms with van der Waals surface area (Å²) in [5.74, 6) is -2.00. The zero-order valence-electron chi connectivity index (χ0n) is 9.73. The van der Waals surface area contributed by atoms with Crippen molar-refractivity contribution in [2.24, 2.45) is 0 Å². The summed E-state index contributed by atoms with van der Waals surface area (Å²) in [6.45, 7) is -0.0680. The van der Waals surface area contributed by atoms with Gasteiger partial charge in [0.15, 0.2) is 0 Å². The van der Waals surface area contributed by atoms with E-state index in [9.17, 15) is 13.6 Å². The highest BCUT2D eigenvalue weighted by atomic mass is 19.1. The highest BCUT2D eigenvalue weighted by Gasteiger charge is 2.09. The first-order chi connectivity index (χ1) is 9.06. The molecule has 0 unspecified atom stereocenters. The Labute approximate surface area is 107 Å². The fourth-order valence-electron chi connectivity index (χ4n) is 1.49. The smallest absolute Gasteiger partial charge is 0.253 e. The molecule has 0 radical (unpaired) electrons. The van der Waals surface area contributed by atoms with Crippen LogP contribution in [0.15, 0.2) is 36.7 Å². The molecule has 0 bridgehead atoms. The average Bonchev–Trinajstić information content (AvgIpc) is 2.37. The number of nitrogens with zero attached hydrogens (tertiary/aromatic N) is 1. The van der Waals surface area contributed by atoms with Crippen LogP contribution in [0.2, 0.25) is 0 Å². The number of aromatic hydroxyl groups is 1. The van der Waals surface area contributed by atoms with Gasteiger partial charge in [-0.25, -0.2) is 8.78 Å². The van der Waals surface area contributed by atoms with Gasteiger partial charge < -0.3 is 10.4 Å². The van der Waals surface area contributed by atoms with Gasteiger partial charge >= 0.3 is 0 Å². The monoisotopic (exact) mass is 264 g/mol. The van der Waals surface area contributed by atoms with Gasteiger partial charge in [0, 0.05) is 24.4 Å². The molecule has 0 saturated carbocycles. The van der Waals surface area contributed by atoms with Crippen molar-refractivity contribution < 1.29 is 18.7 Å². The molecule has 2 aromatic rings. The predicted octanol–water partition coefficient (Wildman–Crippen LogP) is 2.00. The zero-order chi connectivity index (χ0) is 13.8. The number of pyridine rings is 1. The maximum Gasteiger partial charge on any atom is 0.253 e. The molecule has 0 spiro atoms. The first kappa shape index (κ1) is 12.9. The summed E-state index contributed by atoms with van der Waals surface area (Å²) in [5.41, 5.74) is 0.273. The summed E-state index contributed by atoms with van der Waals surface area (Å²) < 4.78 is 26.3. The van der Waals surface area contributed by atoms with Crippen LogP contribution < -0.4 is 5.32 Å². The molecule has 1 heterocycles. The first-order valence-electron chi connectivity index (χ1n) is 5.42. The number of hydrogen-bond donors (Lipinski definition) is 2. The molecule has 0 aliphatic rings. The third kappa shape index (κ3) is 3.25. The van der Waals surface area contributed by atoms with Gasteiger partial charge in [0.1, 0.15) is 17.4 Å². The standard InChI is InChI=1S/C13H10F2N2O2/c14-10-3-9(5-16-7-10)13(19)17-6-8-1-2-11(18)4-12(8)15/h1-5,7,18H,6H2,(H,17,19). The number of halogens is 2. The Morgan fingerprint density at radius 1 is 1.26 bits per heavy atom. The number of aromatic nitrogens is 1. The third-order valence-corrected chi connectivity index (χ3v) is 2.44. The van der Waals surface area contributed by atoms with E-state index in [0.717, 1.165) is 18.3 Å². The molecule has 0 fully saturated rings. The predicted molar refractivity (Wildman–Crippen MR) is 63.4 cm³/mol. The molecule has 0 aliphatic carbocycles. The molecule has 1 aromatic heterocycles. The number of hydrogen-bond acceptors (Lipinski definition) is 3. The number of phenols is 1. The van der Waals surface area contributed by atoms with Crippen molar-refractivity contribution >= 4 is 5.91 Å². The second-order valence-corrected chi connectivity index (χ2v) is 3.85. The molecule has 6 heteroatoms. The van der Waals surface area contributed by atoms with Crippen molar-refractivity contribution in [2.45, 2.75) is 6.54 Å². The number of benzene rings is 1. The van der Waals surface area contributed by atoms with Crippen LogP contribution >= 0.6 is 0 Å². The Morgan fingerprint density at radius 3 is 2.74 bits per heavy atom. The third-order valence-electron chi connectivity index (χ3n) is 2.44. The Bertz CT molecular complexity index is 617. The van der Waals surface area contributed by atoms with Crippen LogP contribution in [0.3, 0.4) is 0 Å². The van der Waals surface area contributed by atoms with Crippen LogP contribution in [0.4, 0.5) is 8.78 Å². The van der Waals surface area contributed by atoms with Crippen molar-refractivity contribution in [3.63, 3.8) is 0 Å². The van der Waals surface area contributed by atoms with E-state index in [4.69, 9.17) is 5.11 Å². The molecule has 0 atom stereocenters. The van der Waals surface area contributed by atoms with Crippen LogP contribution in [-0.4, -0.2) is 16.0 Å². The molecular weight excluding hydrogens is 254 g/mol. The molecule has 4 nitrogen and oxygen atoms in total. The van der Waals surface area contributed by atoms with Crippen molar-refractivity contribution in [3.05, 3.63) is 59.4 Å². The largest absolute Gasteiger partial charge is 0.508 e. The minimum atomic E-state index is -0.627. The van der Waals surface area contributed by atoms with Crippen molar-refractivity contribution in [2.75, 3.05) is 0 Å². The van der Waals surface area contributed by atoms with E-state index in [-0.39, 0.29) is 23.4 Å². The van der Waals surface area contributed by atoms with Crippen LogP contribution in [-0.2, 0) is 6.54 Å². The number of phenolic OH excluding ortho intramolecular Hbond substituents is 1. The topological polar surface area (TPSA) is 62.2 Å². The zero-order valence-corrected chi connectivity index (χ0v) is 9.73. The van der Waals surface area contributed by atoms with Crippen LogP contribution in [0.1, 0.15) is 15.9 Å². The summed E-state index contributed by atoms with van der Waals surface area (Å²) in [6, 6.07) is 4.66. The van der Waals surface area contributed by atoms with E-state index >= 15 is 0 Å². The maximum absolute atomic E-state index is 13.4. The molecule has 0 saturated heterocycles. The highest BCUT2D eigenvalue weighted by molar-refractivity contribution is 5.93. The maximum atomic E-state index is 13.4. The van der Waals surface area contributed by atoms with E-state index in [0.29, 0.717) is 0 Å². The number of nitrogens with one attached hydrogen (secondary N) is 1. The van der Waals surface area contributed by atoms with Gasteiger partial charge in [0.2, 0.25) is 0 Å². The Kier molecular flexibility index (Phi) is 3.70. The molecule has 1 amide bonds. The molecule has 1 aromatic carbocycles. The van der Waals surface area contributed by atoms with Gasteiger partial charge in [-0.3, -0.25) is 9.78 Å². The van der Waals surface area contributed by atoms with E-state index in [1.54, 1.807) is 0 Å². The highest BCUT2D eigenvalue weighted by Crippen LogP contribution is 2.14. The molecule has 0 aliphatic heterocycles. The summed E-state index contributed by atoms with van der Waals surface area (Å²) in [6.07, 6.45) is 2.20. The second kappa shape index (κ2) is 5.43. The fraction of sp³-hybridized carbons (Fsp3) is 0.0769. The fourth-order valence-corrected chi connectivity index (χ4v) is 1.49. The lowest BCUT2D eigenvalue weighted by Crippen LogP contribution is -2.23. The Balaban J connectivity index is 2.04. The molecule has 98 valence electrons. The number of rotatable bonds is 3. The van der Waals surface area contributed by atoms with Crippen LogP contribution in [0.25, 0.3) is 0 Å². The summed E-state index contributed by atoms with van der Waals surface area (Å²) >= 11 is 0. The molecular formula is C13H10F2N2O2. The minimum Gasteiger partial charge on any atom is -0.508 e. The van der Waals surface area contributed by atoms with Gasteiger partial charge in [-0.15, -0.1) is 0 Å². The van der Waals surface area contributed by atoms with Crippen LogP contribution in [0, 0.1) is 11.6 Å². The van der Waals surface area contributed by atoms with Crippen LogP contribution in [0.5, 0.6) is 5.75 Å². The lowest BCUT2D eigenvalue weighted by Gasteiger charge is -2.06. The molecule has 2 N–H and O–H groups in total. The Hall–Kier alpha value is -2.50. The summed E-state index contributed by atoms with van der Waals surface area (Å²) in [4.78, 5) is 15.2. The van der Waals surface area contributed by atoms with E-state index < -0.39 is 17.5 Å². The van der Waals surface area contributed by atoms with Crippen molar-refractivity contribution in [1.29, 1.82) is 0 Å². The van der Waals surface area contributed by atoms with Gasteiger partial charge in [0.25, 0.3) is 5.91 Å². The summed E-state index contributed by atoms with van der Waals surface area (Å²) in [7, 11) is 0. The minimum absolute atomic E-state index is 0.0548. The summed E-state index contributed by atoms with van der Waals surface area (Å²) in [5, 5.41) is 11.5. The van der Waals surface area contributed by atoms with Crippen molar-refractivity contribution in [1.82, 2.24) is 10.3 Å². The second-order valence-electron chi connectivity index (χ2n) is 3.85. The van der Waals surface area contributed by atoms with Gasteiger partial charge in [-0.2, -0.15) is 0 Å². The lowest BCUT2D eigenvalue weighted by atomic mass is 10.2. The number of carbonyl (C=O) groups is 1.